The fourth-order valence-electron chi connectivity index (χ4n) is 5.92. The first-order valence-electron chi connectivity index (χ1n) is 13.4. The molecule has 2 N–H and O–H groups in total. The molecule has 0 spiro atoms. The summed E-state index contributed by atoms with van der Waals surface area (Å²) in [5.41, 5.74) is 2.25. The molecule has 2 aliphatic rings. The van der Waals surface area contributed by atoms with E-state index in [0.717, 1.165) is 42.7 Å². The Morgan fingerprint density at radius 3 is 2.51 bits per heavy atom. The quantitative estimate of drug-likeness (QED) is 0.416. The fraction of sp³-hybridized carbons (Fsp3) is 0.621. The van der Waals surface area contributed by atoms with Gasteiger partial charge in [-0.1, -0.05) is 49.4 Å². The van der Waals surface area contributed by atoms with Gasteiger partial charge in [0.15, 0.2) is 5.78 Å². The van der Waals surface area contributed by atoms with E-state index in [-0.39, 0.29) is 29.7 Å². The van der Waals surface area contributed by atoms with Gasteiger partial charge in [0.25, 0.3) is 0 Å². The molecule has 2 aromatic rings. The van der Waals surface area contributed by atoms with E-state index in [2.05, 4.69) is 24.5 Å². The number of aromatic nitrogens is 1. The minimum Gasteiger partial charge on any atom is -0.316 e. The van der Waals surface area contributed by atoms with E-state index in [1.54, 1.807) is 11.3 Å². The summed E-state index contributed by atoms with van der Waals surface area (Å²) in [5.74, 6) is 0.861. The van der Waals surface area contributed by atoms with Gasteiger partial charge in [-0.05, 0) is 65.5 Å². The zero-order valence-corrected chi connectivity index (χ0v) is 22.5. The first-order chi connectivity index (χ1) is 16.9. The van der Waals surface area contributed by atoms with Crippen molar-refractivity contribution in [1.82, 2.24) is 15.6 Å². The van der Waals surface area contributed by atoms with Crippen LogP contribution in [-0.2, 0) is 4.79 Å². The molecule has 0 saturated heterocycles. The highest BCUT2D eigenvalue weighted by atomic mass is 32.1. The van der Waals surface area contributed by atoms with Gasteiger partial charge in [-0.2, -0.15) is 0 Å². The van der Waals surface area contributed by atoms with Crippen LogP contribution < -0.4 is 10.6 Å². The highest BCUT2D eigenvalue weighted by Gasteiger charge is 2.42. The van der Waals surface area contributed by atoms with Crippen LogP contribution in [0, 0.1) is 18.8 Å². The van der Waals surface area contributed by atoms with E-state index in [0.29, 0.717) is 29.0 Å². The van der Waals surface area contributed by atoms with Crippen LogP contribution in [0.25, 0.3) is 0 Å². The summed E-state index contributed by atoms with van der Waals surface area (Å²) in [6, 6.07) is 8.08. The molecular weight excluding hydrogens is 454 g/mol. The Morgan fingerprint density at radius 2 is 1.80 bits per heavy atom. The molecule has 0 amide bonds. The normalized spacial score (nSPS) is 23.7. The predicted molar refractivity (Wildman–Crippen MR) is 143 cm³/mol. The van der Waals surface area contributed by atoms with E-state index >= 15 is 0 Å². The van der Waals surface area contributed by atoms with E-state index in [4.69, 9.17) is 4.98 Å². The zero-order chi connectivity index (χ0) is 24.9. The molecule has 2 saturated carbocycles. The number of hydrogen-bond acceptors (Lipinski definition) is 6. The van der Waals surface area contributed by atoms with Gasteiger partial charge in [0.2, 0.25) is 5.78 Å². The summed E-state index contributed by atoms with van der Waals surface area (Å²) in [7, 11) is 1.98. The molecule has 1 heterocycles. The summed E-state index contributed by atoms with van der Waals surface area (Å²) in [6.45, 7) is 6.34. The van der Waals surface area contributed by atoms with E-state index in [1.807, 2.05) is 43.6 Å². The summed E-state index contributed by atoms with van der Waals surface area (Å²) in [6.07, 6.45) is 8.92. The molecular formula is C29H41N3O2S. The lowest BCUT2D eigenvalue weighted by Gasteiger charge is -2.36. The molecule has 35 heavy (non-hydrogen) atoms. The number of thiazole rings is 1. The number of benzene rings is 1. The van der Waals surface area contributed by atoms with Crippen LogP contribution in [0.4, 0.5) is 0 Å². The number of carbonyl (C=O) groups excluding carboxylic acids is 2. The molecule has 2 unspecified atom stereocenters. The van der Waals surface area contributed by atoms with Crippen LogP contribution in [0.3, 0.4) is 0 Å². The average Bonchev–Trinajstić information content (AvgIpc) is 3.56. The molecule has 4 rings (SSSR count). The smallest absolute Gasteiger partial charge is 0.212 e. The monoisotopic (exact) mass is 495 g/mol. The Morgan fingerprint density at radius 1 is 1.03 bits per heavy atom. The third-order valence-corrected chi connectivity index (χ3v) is 9.29. The van der Waals surface area contributed by atoms with E-state index in [1.165, 1.54) is 19.3 Å². The lowest BCUT2D eigenvalue weighted by molar-refractivity contribution is -0.127. The van der Waals surface area contributed by atoms with Crippen LogP contribution in [0.2, 0.25) is 0 Å². The van der Waals surface area contributed by atoms with Gasteiger partial charge in [0.1, 0.15) is 5.69 Å². The zero-order valence-electron chi connectivity index (χ0n) is 21.7. The van der Waals surface area contributed by atoms with Gasteiger partial charge in [0.05, 0.1) is 11.0 Å². The lowest BCUT2D eigenvalue weighted by atomic mass is 9.77. The summed E-state index contributed by atoms with van der Waals surface area (Å²) >= 11 is 1.55. The molecule has 5 nitrogen and oxygen atoms in total. The molecule has 2 aliphatic carbocycles. The van der Waals surface area contributed by atoms with Crippen molar-refractivity contribution in [3.8, 4) is 0 Å². The van der Waals surface area contributed by atoms with Crippen molar-refractivity contribution in [2.75, 3.05) is 7.05 Å². The number of carbonyl (C=O) groups is 2. The van der Waals surface area contributed by atoms with Crippen LogP contribution >= 0.6 is 11.3 Å². The molecule has 190 valence electrons. The van der Waals surface area contributed by atoms with Crippen molar-refractivity contribution in [2.45, 2.75) is 96.2 Å². The Kier molecular flexibility index (Phi) is 8.90. The van der Waals surface area contributed by atoms with Gasteiger partial charge in [-0.3, -0.25) is 9.59 Å². The summed E-state index contributed by atoms with van der Waals surface area (Å²) < 4.78 is 0. The number of Topliss-reactive ketones (excluding diaryl/α,β-unsaturated/α-hetero) is 1. The van der Waals surface area contributed by atoms with Crippen molar-refractivity contribution in [1.29, 1.82) is 0 Å². The third kappa shape index (κ3) is 6.10. The first-order valence-corrected chi connectivity index (χ1v) is 14.3. The number of nitrogens with one attached hydrogen (secondary N) is 2. The fourth-order valence-corrected chi connectivity index (χ4v) is 6.92. The number of likely N-dealkylation sites (N-methyl/N-ethyl adjacent to an activating group) is 1. The second-order valence-corrected chi connectivity index (χ2v) is 11.6. The van der Waals surface area contributed by atoms with Crippen LogP contribution in [-0.4, -0.2) is 41.7 Å². The van der Waals surface area contributed by atoms with Gasteiger partial charge in [-0.25, -0.2) is 4.98 Å². The second kappa shape index (κ2) is 11.9. The van der Waals surface area contributed by atoms with Crippen molar-refractivity contribution in [2.24, 2.45) is 11.8 Å². The molecule has 6 heteroatoms. The molecule has 1 aromatic carbocycles. The van der Waals surface area contributed by atoms with Crippen molar-refractivity contribution < 1.29 is 9.59 Å². The van der Waals surface area contributed by atoms with Gasteiger partial charge >= 0.3 is 0 Å². The highest BCUT2D eigenvalue weighted by Crippen LogP contribution is 2.43. The maximum absolute atomic E-state index is 14.1. The standard InChI is InChI=1S/C29H41N3O2S/c1-18-10-8-13-22(16-18)27(33)25-17-35-29(32-25)24-15-9-14-23(24)28(34)26(21-11-6-5-7-12-21)31-20(3)19(2)30-4/h8,10,13,16-17,19-21,23-24,26,30-31H,5-7,9,11-12,14-15H2,1-4H3/t19-,20?,23?,24+,26-/m0/s1. The predicted octanol–water partition coefficient (Wildman–Crippen LogP) is 5.67. The Labute approximate surface area is 214 Å². The van der Waals surface area contributed by atoms with Gasteiger partial charge in [-0.15, -0.1) is 11.3 Å². The number of nitrogens with zero attached hydrogens (tertiary/aromatic N) is 1. The van der Waals surface area contributed by atoms with Crippen molar-refractivity contribution >= 4 is 22.9 Å². The number of aryl methyl sites for hydroxylation is 1. The maximum Gasteiger partial charge on any atom is 0.212 e. The SMILES string of the molecule is CN[C@@H](C)C(C)N[C@H](C(=O)C1CCC[C@H]1c1nc(C(=O)c2cccc(C)c2)cs1)C1CCCCC1. The van der Waals surface area contributed by atoms with E-state index < -0.39 is 0 Å². The highest BCUT2D eigenvalue weighted by molar-refractivity contribution is 7.10. The Bertz CT molecular complexity index is 1010. The first kappa shape index (κ1) is 26.2. The third-order valence-electron chi connectivity index (χ3n) is 8.31. The van der Waals surface area contributed by atoms with Crippen LogP contribution in [0.15, 0.2) is 29.6 Å². The Balaban J connectivity index is 1.53. The minimum atomic E-state index is -0.0972. The van der Waals surface area contributed by atoms with Crippen LogP contribution in [0.5, 0.6) is 0 Å². The summed E-state index contributed by atoms with van der Waals surface area (Å²) in [5, 5.41) is 9.92. The van der Waals surface area contributed by atoms with Gasteiger partial charge in [0, 0.05) is 34.9 Å². The minimum absolute atomic E-state index is 0.0143. The van der Waals surface area contributed by atoms with E-state index in [9.17, 15) is 9.59 Å². The molecule has 1 aromatic heterocycles. The topological polar surface area (TPSA) is 71.1 Å². The Hall–Kier alpha value is -1.89. The number of hydrogen-bond donors (Lipinski definition) is 2. The number of ketones is 2. The molecule has 2 fully saturated rings. The van der Waals surface area contributed by atoms with Gasteiger partial charge < -0.3 is 10.6 Å². The molecule has 0 bridgehead atoms. The van der Waals surface area contributed by atoms with Crippen molar-refractivity contribution in [3.05, 3.63) is 51.5 Å². The largest absolute Gasteiger partial charge is 0.316 e. The number of rotatable bonds is 10. The van der Waals surface area contributed by atoms with Crippen molar-refractivity contribution in [3.63, 3.8) is 0 Å². The average molecular weight is 496 g/mol. The molecule has 0 aliphatic heterocycles. The lowest BCUT2D eigenvalue weighted by Crippen LogP contribution is -2.54. The molecule has 5 atom stereocenters. The second-order valence-electron chi connectivity index (χ2n) is 10.7. The molecule has 0 radical (unpaired) electrons. The maximum atomic E-state index is 14.1. The summed E-state index contributed by atoms with van der Waals surface area (Å²) in [4.78, 5) is 31.9. The van der Waals surface area contributed by atoms with Crippen LogP contribution in [0.1, 0.15) is 97.8 Å².